The first-order chi connectivity index (χ1) is 12.2. The molecule has 0 heterocycles. The summed E-state index contributed by atoms with van der Waals surface area (Å²) in [5.41, 5.74) is 1.77. The predicted molar refractivity (Wildman–Crippen MR) is 95.6 cm³/mol. The van der Waals surface area contributed by atoms with Crippen molar-refractivity contribution in [1.29, 1.82) is 5.26 Å². The van der Waals surface area contributed by atoms with Crippen LogP contribution < -0.4 is 10.6 Å². The van der Waals surface area contributed by atoms with Crippen LogP contribution >= 0.6 is 0 Å². The number of hydrogen-bond acceptors (Lipinski definition) is 3. The van der Waals surface area contributed by atoms with Gasteiger partial charge in [-0.3, -0.25) is 4.99 Å². The van der Waals surface area contributed by atoms with Gasteiger partial charge >= 0.3 is 0 Å². The third kappa shape index (κ3) is 5.30. The van der Waals surface area contributed by atoms with Crippen LogP contribution in [0.3, 0.4) is 0 Å². The number of nitrogens with zero attached hydrogens (tertiary/aromatic N) is 2. The molecule has 0 radical (unpaired) electrons. The molecule has 0 fully saturated rings. The van der Waals surface area contributed by atoms with Crippen molar-refractivity contribution in [1.82, 2.24) is 10.6 Å². The van der Waals surface area contributed by atoms with Gasteiger partial charge < -0.3 is 15.7 Å². The Balaban J connectivity index is 1.92. The van der Waals surface area contributed by atoms with Crippen LogP contribution in [0.2, 0.25) is 0 Å². The van der Waals surface area contributed by atoms with Crippen molar-refractivity contribution in [2.75, 3.05) is 20.2 Å². The molecule has 0 aliphatic heterocycles. The van der Waals surface area contributed by atoms with Gasteiger partial charge in [0, 0.05) is 31.6 Å². The summed E-state index contributed by atoms with van der Waals surface area (Å²) in [6.07, 6.45) is 0. The number of aliphatic imine (C=N–C) groups is 1. The molecule has 3 N–H and O–H groups in total. The summed E-state index contributed by atoms with van der Waals surface area (Å²) >= 11 is 0. The average Bonchev–Trinajstić information content (AvgIpc) is 2.66. The highest BCUT2D eigenvalue weighted by Gasteiger charge is 2.11. The minimum Gasteiger partial charge on any atom is -0.396 e. The number of guanidine groups is 1. The first-order valence-electron chi connectivity index (χ1n) is 7.96. The number of nitriles is 1. The minimum atomic E-state index is -0.431. The Morgan fingerprint density at radius 1 is 1.24 bits per heavy atom. The normalized spacial score (nSPS) is 12.3. The molecule has 0 saturated carbocycles. The largest absolute Gasteiger partial charge is 0.396 e. The van der Waals surface area contributed by atoms with Crippen LogP contribution in [0.1, 0.15) is 22.6 Å². The van der Waals surface area contributed by atoms with E-state index in [1.165, 1.54) is 6.07 Å². The van der Waals surface area contributed by atoms with E-state index in [0.29, 0.717) is 18.1 Å². The zero-order valence-electron chi connectivity index (χ0n) is 14.0. The van der Waals surface area contributed by atoms with E-state index in [4.69, 9.17) is 5.26 Å². The number of nitrogens with one attached hydrogen (secondary N) is 2. The van der Waals surface area contributed by atoms with Crippen molar-refractivity contribution in [3.63, 3.8) is 0 Å². The molecule has 0 aliphatic rings. The van der Waals surface area contributed by atoms with E-state index in [1.54, 1.807) is 19.2 Å². The number of aliphatic hydroxyl groups is 1. The molecular formula is C19H21FN4O. The Kier molecular flexibility index (Phi) is 6.93. The highest BCUT2D eigenvalue weighted by molar-refractivity contribution is 5.79. The topological polar surface area (TPSA) is 80.4 Å². The van der Waals surface area contributed by atoms with Crippen LogP contribution in [0.5, 0.6) is 0 Å². The van der Waals surface area contributed by atoms with Crippen molar-refractivity contribution in [2.45, 2.75) is 12.5 Å². The van der Waals surface area contributed by atoms with E-state index in [0.717, 1.165) is 5.56 Å². The molecule has 0 amide bonds. The number of rotatable bonds is 6. The molecule has 130 valence electrons. The molecule has 2 aromatic rings. The first-order valence-corrected chi connectivity index (χ1v) is 7.96. The lowest BCUT2D eigenvalue weighted by molar-refractivity contribution is 0.265. The monoisotopic (exact) mass is 340 g/mol. The maximum atomic E-state index is 13.9. The van der Waals surface area contributed by atoms with Crippen LogP contribution in [0, 0.1) is 17.1 Å². The van der Waals surface area contributed by atoms with Gasteiger partial charge in [-0.05, 0) is 17.7 Å². The molecule has 25 heavy (non-hydrogen) atoms. The zero-order chi connectivity index (χ0) is 18.1. The summed E-state index contributed by atoms with van der Waals surface area (Å²) in [5, 5.41) is 24.5. The van der Waals surface area contributed by atoms with Crippen molar-refractivity contribution in [3.8, 4) is 6.07 Å². The first kappa shape index (κ1) is 18.4. The lowest BCUT2D eigenvalue weighted by Crippen LogP contribution is -2.39. The van der Waals surface area contributed by atoms with Gasteiger partial charge in [0.25, 0.3) is 0 Å². The van der Waals surface area contributed by atoms with E-state index in [2.05, 4.69) is 15.6 Å². The SMILES string of the molecule is CN=C(NCc1ccc(C#N)cc1F)NCC(CO)c1ccccc1. The van der Waals surface area contributed by atoms with Gasteiger partial charge in [-0.2, -0.15) is 5.26 Å². The second-order valence-corrected chi connectivity index (χ2v) is 5.51. The fourth-order valence-electron chi connectivity index (χ4n) is 2.39. The van der Waals surface area contributed by atoms with E-state index in [9.17, 15) is 9.50 Å². The van der Waals surface area contributed by atoms with Gasteiger partial charge in [-0.15, -0.1) is 0 Å². The smallest absolute Gasteiger partial charge is 0.191 e. The van der Waals surface area contributed by atoms with E-state index in [-0.39, 0.29) is 24.6 Å². The molecule has 2 aromatic carbocycles. The van der Waals surface area contributed by atoms with Crippen LogP contribution in [0.15, 0.2) is 53.5 Å². The summed E-state index contributed by atoms with van der Waals surface area (Å²) in [6.45, 7) is 0.751. The summed E-state index contributed by atoms with van der Waals surface area (Å²) in [5.74, 6) is 0.0177. The van der Waals surface area contributed by atoms with Crippen molar-refractivity contribution >= 4 is 5.96 Å². The van der Waals surface area contributed by atoms with Crippen molar-refractivity contribution < 1.29 is 9.50 Å². The molecule has 6 heteroatoms. The summed E-state index contributed by atoms with van der Waals surface area (Å²) in [6, 6.07) is 16.0. The molecule has 2 rings (SSSR count). The molecule has 0 aliphatic carbocycles. The molecule has 0 spiro atoms. The molecule has 0 bridgehead atoms. The van der Waals surface area contributed by atoms with Gasteiger partial charge in [-0.1, -0.05) is 36.4 Å². The van der Waals surface area contributed by atoms with Crippen LogP contribution in [-0.4, -0.2) is 31.3 Å². The molecule has 1 atom stereocenters. The standard InChI is InChI=1S/C19H21FN4O/c1-22-19(23-11-16-8-7-14(10-21)9-18(16)20)24-12-17(13-25)15-5-3-2-4-6-15/h2-9,17,25H,11-13H2,1H3,(H2,22,23,24). The Hall–Kier alpha value is -2.91. The van der Waals surface area contributed by atoms with Gasteiger partial charge in [0.2, 0.25) is 0 Å². The van der Waals surface area contributed by atoms with Gasteiger partial charge in [0.15, 0.2) is 5.96 Å². The summed E-state index contributed by atoms with van der Waals surface area (Å²) < 4.78 is 13.9. The molecule has 1 unspecified atom stereocenters. The van der Waals surface area contributed by atoms with E-state index < -0.39 is 5.82 Å². The number of aliphatic hydroxyl groups excluding tert-OH is 1. The second-order valence-electron chi connectivity index (χ2n) is 5.51. The fourth-order valence-corrected chi connectivity index (χ4v) is 2.39. The minimum absolute atomic E-state index is 0.0122. The maximum Gasteiger partial charge on any atom is 0.191 e. The van der Waals surface area contributed by atoms with Gasteiger partial charge in [0.1, 0.15) is 5.82 Å². The predicted octanol–water partition coefficient (Wildman–Crippen LogP) is 2.14. The molecule has 0 saturated heterocycles. The highest BCUT2D eigenvalue weighted by atomic mass is 19.1. The molecule has 5 nitrogen and oxygen atoms in total. The third-order valence-corrected chi connectivity index (χ3v) is 3.86. The Morgan fingerprint density at radius 2 is 2.00 bits per heavy atom. The second kappa shape index (κ2) is 9.40. The summed E-state index contributed by atoms with van der Waals surface area (Å²) in [7, 11) is 1.63. The Bertz CT molecular complexity index is 756. The van der Waals surface area contributed by atoms with Crippen LogP contribution in [0.25, 0.3) is 0 Å². The Labute approximate surface area is 146 Å². The van der Waals surface area contributed by atoms with Gasteiger partial charge in [-0.25, -0.2) is 4.39 Å². The lowest BCUT2D eigenvalue weighted by Gasteiger charge is -2.18. The number of halogens is 1. The van der Waals surface area contributed by atoms with E-state index >= 15 is 0 Å². The van der Waals surface area contributed by atoms with Crippen LogP contribution in [0.4, 0.5) is 4.39 Å². The molecular weight excluding hydrogens is 319 g/mol. The lowest BCUT2D eigenvalue weighted by atomic mass is 10.0. The Morgan fingerprint density at radius 3 is 2.60 bits per heavy atom. The quantitative estimate of drug-likeness (QED) is 0.556. The molecule has 0 aromatic heterocycles. The van der Waals surface area contributed by atoms with Gasteiger partial charge in [0.05, 0.1) is 18.2 Å². The van der Waals surface area contributed by atoms with Crippen LogP contribution in [-0.2, 0) is 6.54 Å². The number of benzene rings is 2. The highest BCUT2D eigenvalue weighted by Crippen LogP contribution is 2.13. The summed E-state index contributed by atoms with van der Waals surface area (Å²) in [4.78, 5) is 4.10. The number of hydrogen-bond donors (Lipinski definition) is 3. The third-order valence-electron chi connectivity index (χ3n) is 3.86. The average molecular weight is 340 g/mol. The zero-order valence-corrected chi connectivity index (χ0v) is 14.0. The van der Waals surface area contributed by atoms with E-state index in [1.807, 2.05) is 36.4 Å². The fraction of sp³-hybridized carbons (Fsp3) is 0.263. The van der Waals surface area contributed by atoms with Crippen molar-refractivity contribution in [3.05, 3.63) is 71.0 Å². The van der Waals surface area contributed by atoms with Crippen molar-refractivity contribution in [2.24, 2.45) is 4.99 Å². The maximum absolute atomic E-state index is 13.9.